The summed E-state index contributed by atoms with van der Waals surface area (Å²) in [6, 6.07) is 11.8. The van der Waals surface area contributed by atoms with Crippen molar-refractivity contribution < 1.29 is 24.2 Å². The van der Waals surface area contributed by atoms with Gasteiger partial charge in [-0.05, 0) is 55.0 Å². The minimum absolute atomic E-state index is 0.145. The number of rotatable bonds is 9. The number of benzene rings is 2. The molecule has 0 radical (unpaired) electrons. The first kappa shape index (κ1) is 28.0. The lowest BCUT2D eigenvalue weighted by Crippen LogP contribution is -2.41. The molecule has 2 aromatic carbocycles. The van der Waals surface area contributed by atoms with Gasteiger partial charge in [0, 0.05) is 37.0 Å². The van der Waals surface area contributed by atoms with E-state index in [0.717, 1.165) is 49.4 Å². The van der Waals surface area contributed by atoms with Gasteiger partial charge in [-0.1, -0.05) is 35.9 Å². The lowest BCUT2D eigenvalue weighted by Gasteiger charge is -2.23. The molecule has 0 aliphatic carbocycles. The van der Waals surface area contributed by atoms with Gasteiger partial charge in [0.15, 0.2) is 0 Å². The standard InChI is InChI=1S/C30H33ClN4O5/c1-18-23-7-6-21(29-25(31)15-32-27(34-29)12-19-8-10-40-11-9-19)14-24(23)30(38)35(18)16-28(37)33-26(17-36)20-4-3-5-22(13-20)39-2/h3-7,13-15,18-19,26,36H,8-12,16-17H2,1-2H3,(H,33,37)/t18?,26-/m1/s1. The van der Waals surface area contributed by atoms with Crippen molar-refractivity contribution in [3.05, 3.63) is 76.2 Å². The molecule has 9 nitrogen and oxygen atoms in total. The number of halogens is 1. The number of hydrogen-bond donors (Lipinski definition) is 2. The number of ether oxygens (including phenoxy) is 2. The third kappa shape index (κ3) is 5.96. The fourth-order valence-corrected chi connectivity index (χ4v) is 5.56. The van der Waals surface area contributed by atoms with Crippen LogP contribution in [-0.4, -0.2) is 65.3 Å². The van der Waals surface area contributed by atoms with Gasteiger partial charge in [0.2, 0.25) is 5.91 Å². The first-order chi connectivity index (χ1) is 19.4. The Labute approximate surface area is 238 Å². The molecule has 2 aliphatic rings. The maximum atomic E-state index is 13.5. The Morgan fingerprint density at radius 2 is 2.05 bits per heavy atom. The van der Waals surface area contributed by atoms with E-state index in [1.165, 1.54) is 4.90 Å². The van der Waals surface area contributed by atoms with E-state index >= 15 is 0 Å². The summed E-state index contributed by atoms with van der Waals surface area (Å²) in [4.78, 5) is 37.2. The third-order valence-electron chi connectivity index (χ3n) is 7.67. The predicted molar refractivity (Wildman–Crippen MR) is 150 cm³/mol. The van der Waals surface area contributed by atoms with Gasteiger partial charge >= 0.3 is 0 Å². The molecule has 1 aromatic heterocycles. The molecule has 10 heteroatoms. The van der Waals surface area contributed by atoms with E-state index in [1.807, 2.05) is 19.1 Å². The lowest BCUT2D eigenvalue weighted by atomic mass is 9.96. The van der Waals surface area contributed by atoms with Gasteiger partial charge in [-0.25, -0.2) is 9.97 Å². The van der Waals surface area contributed by atoms with Crippen LogP contribution in [0.2, 0.25) is 5.02 Å². The van der Waals surface area contributed by atoms with Crippen LogP contribution in [0.25, 0.3) is 11.3 Å². The number of aromatic nitrogens is 2. The van der Waals surface area contributed by atoms with Crippen molar-refractivity contribution >= 4 is 23.4 Å². The van der Waals surface area contributed by atoms with E-state index < -0.39 is 6.04 Å². The zero-order valence-corrected chi connectivity index (χ0v) is 23.4. The van der Waals surface area contributed by atoms with Crippen molar-refractivity contribution in [1.29, 1.82) is 0 Å². The van der Waals surface area contributed by atoms with Crippen molar-refractivity contribution in [3.8, 4) is 17.0 Å². The summed E-state index contributed by atoms with van der Waals surface area (Å²) in [5, 5.41) is 13.2. The number of carbonyl (C=O) groups is 2. The van der Waals surface area contributed by atoms with E-state index in [-0.39, 0.29) is 31.0 Å². The van der Waals surface area contributed by atoms with Crippen LogP contribution < -0.4 is 10.1 Å². The van der Waals surface area contributed by atoms with Crippen LogP contribution in [-0.2, 0) is 16.0 Å². The molecular weight excluding hydrogens is 532 g/mol. The average Bonchev–Trinajstić information content (AvgIpc) is 3.21. The maximum absolute atomic E-state index is 13.5. The molecule has 1 saturated heterocycles. The summed E-state index contributed by atoms with van der Waals surface area (Å²) in [7, 11) is 1.56. The number of fused-ring (bicyclic) bond motifs is 1. The van der Waals surface area contributed by atoms with Crippen molar-refractivity contribution in [2.45, 2.75) is 38.3 Å². The summed E-state index contributed by atoms with van der Waals surface area (Å²) < 4.78 is 10.7. The molecule has 0 saturated carbocycles. The third-order valence-corrected chi connectivity index (χ3v) is 7.95. The van der Waals surface area contributed by atoms with Crippen molar-refractivity contribution in [1.82, 2.24) is 20.2 Å². The van der Waals surface area contributed by atoms with Crippen LogP contribution in [0.5, 0.6) is 5.75 Å². The Hall–Kier alpha value is -3.53. The summed E-state index contributed by atoms with van der Waals surface area (Å²) >= 11 is 6.50. The highest BCUT2D eigenvalue weighted by molar-refractivity contribution is 6.32. The van der Waals surface area contributed by atoms with Crippen LogP contribution in [0.4, 0.5) is 0 Å². The topological polar surface area (TPSA) is 114 Å². The smallest absolute Gasteiger partial charge is 0.255 e. The second-order valence-electron chi connectivity index (χ2n) is 10.2. The van der Waals surface area contributed by atoms with Crippen molar-refractivity contribution in [2.24, 2.45) is 5.92 Å². The monoisotopic (exact) mass is 564 g/mol. The quantitative estimate of drug-likeness (QED) is 0.401. The van der Waals surface area contributed by atoms with Gasteiger partial charge in [-0.15, -0.1) is 0 Å². The molecule has 1 fully saturated rings. The van der Waals surface area contributed by atoms with Gasteiger partial charge < -0.3 is 24.8 Å². The second-order valence-corrected chi connectivity index (χ2v) is 10.6. The number of aliphatic hydroxyl groups excluding tert-OH is 1. The normalized spacial score (nSPS) is 17.9. The van der Waals surface area contributed by atoms with Gasteiger partial charge in [0.05, 0.1) is 36.5 Å². The van der Waals surface area contributed by atoms with Gasteiger partial charge in [0.25, 0.3) is 5.91 Å². The molecule has 3 aromatic rings. The van der Waals surface area contributed by atoms with Gasteiger partial charge in [0.1, 0.15) is 18.1 Å². The average molecular weight is 565 g/mol. The summed E-state index contributed by atoms with van der Waals surface area (Å²) in [5.41, 5.74) is 3.37. The molecule has 2 amide bonds. The molecule has 40 heavy (non-hydrogen) atoms. The van der Waals surface area contributed by atoms with Crippen molar-refractivity contribution in [3.63, 3.8) is 0 Å². The number of nitrogens with one attached hydrogen (secondary N) is 1. The van der Waals surface area contributed by atoms with E-state index in [4.69, 9.17) is 26.1 Å². The largest absolute Gasteiger partial charge is 0.497 e. The summed E-state index contributed by atoms with van der Waals surface area (Å²) in [5.74, 6) is 1.21. The minimum atomic E-state index is -0.625. The fourth-order valence-electron chi connectivity index (χ4n) is 5.36. The second kappa shape index (κ2) is 12.3. The highest BCUT2D eigenvalue weighted by Crippen LogP contribution is 2.37. The lowest BCUT2D eigenvalue weighted by molar-refractivity contribution is -0.123. The Bertz CT molecular complexity index is 1390. The Morgan fingerprint density at radius 1 is 1.25 bits per heavy atom. The molecule has 210 valence electrons. The van der Waals surface area contributed by atoms with E-state index in [2.05, 4.69) is 10.3 Å². The van der Waals surface area contributed by atoms with Gasteiger partial charge in [-0.3, -0.25) is 9.59 Å². The summed E-state index contributed by atoms with van der Waals surface area (Å²) in [6.45, 7) is 2.97. The number of nitrogens with zero attached hydrogens (tertiary/aromatic N) is 3. The number of hydrogen-bond acceptors (Lipinski definition) is 7. The highest BCUT2D eigenvalue weighted by Gasteiger charge is 2.35. The minimum Gasteiger partial charge on any atom is -0.497 e. The number of amides is 2. The molecule has 2 aliphatic heterocycles. The van der Waals surface area contributed by atoms with Crippen LogP contribution in [0, 0.1) is 5.92 Å². The molecule has 1 unspecified atom stereocenters. The molecule has 0 bridgehead atoms. The predicted octanol–water partition coefficient (Wildman–Crippen LogP) is 4.14. The molecule has 2 N–H and O–H groups in total. The Balaban J connectivity index is 1.30. The molecule has 0 spiro atoms. The molecule has 2 atom stereocenters. The zero-order chi connectivity index (χ0) is 28.2. The Morgan fingerprint density at radius 3 is 2.80 bits per heavy atom. The van der Waals surface area contributed by atoms with E-state index in [1.54, 1.807) is 43.6 Å². The van der Waals surface area contributed by atoms with Crippen LogP contribution >= 0.6 is 11.6 Å². The number of carbonyl (C=O) groups excluding carboxylic acids is 2. The SMILES string of the molecule is COc1cccc([C@@H](CO)NC(=O)CN2C(=O)c3cc(-c4nc(CC5CCOCC5)ncc4Cl)ccc3C2C)c1. The first-order valence-electron chi connectivity index (χ1n) is 13.5. The van der Waals surface area contributed by atoms with Crippen LogP contribution in [0.3, 0.4) is 0 Å². The summed E-state index contributed by atoms with van der Waals surface area (Å²) in [6.07, 6.45) is 4.33. The number of methoxy groups -OCH3 is 1. The fraction of sp³-hybridized carbons (Fsp3) is 0.400. The van der Waals surface area contributed by atoms with E-state index in [9.17, 15) is 14.7 Å². The van der Waals surface area contributed by atoms with Crippen molar-refractivity contribution in [2.75, 3.05) is 33.5 Å². The Kier molecular flexibility index (Phi) is 8.63. The first-order valence-corrected chi connectivity index (χ1v) is 13.8. The zero-order valence-electron chi connectivity index (χ0n) is 22.6. The highest BCUT2D eigenvalue weighted by atomic mass is 35.5. The molecular formula is C30H33ClN4O5. The molecule has 5 rings (SSSR count). The van der Waals surface area contributed by atoms with Gasteiger partial charge in [-0.2, -0.15) is 0 Å². The number of aliphatic hydroxyl groups is 1. The van der Waals surface area contributed by atoms with Crippen LogP contribution in [0.15, 0.2) is 48.7 Å². The molecule has 3 heterocycles. The van der Waals surface area contributed by atoms with Crippen LogP contribution in [0.1, 0.15) is 59.2 Å². The van der Waals surface area contributed by atoms with E-state index in [0.29, 0.717) is 33.5 Å². The maximum Gasteiger partial charge on any atom is 0.255 e.